The molecule has 47 heavy (non-hydrogen) atoms. The number of nitrogens with two attached hydrogens (primary N) is 1. The molecule has 0 heterocycles. The smallest absolute Gasteiger partial charge is 0.393 e. The molecule has 0 aromatic carbocycles. The van der Waals surface area contributed by atoms with E-state index in [9.17, 15) is 18.1 Å². The molecule has 0 amide bonds. The predicted molar refractivity (Wildman–Crippen MR) is 192 cm³/mol. The first-order valence-corrected chi connectivity index (χ1v) is 21.1. The van der Waals surface area contributed by atoms with Crippen molar-refractivity contribution >= 4 is 10.4 Å². The van der Waals surface area contributed by atoms with Gasteiger partial charge >= 0.3 is 10.4 Å². The maximum Gasteiger partial charge on any atom is 0.397 e. The molecular formula is C38H73N3O5S. The zero-order chi connectivity index (χ0) is 34.2. The number of rotatable bonds is 20. The lowest BCUT2D eigenvalue weighted by Gasteiger charge is -2.62. The average molecular weight is 684 g/mol. The Hall–Kier alpha value is -0.290. The summed E-state index contributed by atoms with van der Waals surface area (Å²) in [5, 5.41) is 19.4. The molecule has 8 nitrogen and oxygen atoms in total. The van der Waals surface area contributed by atoms with Crippen LogP contribution in [0.2, 0.25) is 0 Å². The van der Waals surface area contributed by atoms with E-state index in [2.05, 4.69) is 31.4 Å². The highest BCUT2D eigenvalue weighted by atomic mass is 32.3. The molecule has 6 N–H and O–H groups in total. The van der Waals surface area contributed by atoms with Crippen LogP contribution in [0.1, 0.15) is 144 Å². The third kappa shape index (κ3) is 10.2. The summed E-state index contributed by atoms with van der Waals surface area (Å²) in [5.41, 5.74) is 6.13. The van der Waals surface area contributed by atoms with Gasteiger partial charge in [-0.15, -0.1) is 0 Å². The molecule has 276 valence electrons. The largest absolute Gasteiger partial charge is 0.397 e. The highest BCUT2D eigenvalue weighted by Gasteiger charge is 2.62. The number of aliphatic hydroxyl groups excluding tert-OH is 1. The molecule has 9 heteroatoms. The van der Waals surface area contributed by atoms with Crippen LogP contribution in [0.15, 0.2) is 0 Å². The van der Waals surface area contributed by atoms with Crippen LogP contribution in [-0.4, -0.2) is 62.5 Å². The maximum absolute atomic E-state index is 11.8. The molecule has 11 atom stereocenters. The molecule has 4 aliphatic rings. The van der Waals surface area contributed by atoms with E-state index in [1.54, 1.807) is 0 Å². The molecule has 0 saturated heterocycles. The Morgan fingerprint density at radius 1 is 0.830 bits per heavy atom. The minimum atomic E-state index is -4.46. The number of nitrogens with one attached hydrogen (secondary N) is 2. The van der Waals surface area contributed by atoms with Gasteiger partial charge in [0.2, 0.25) is 0 Å². The highest BCUT2D eigenvalue weighted by Crippen LogP contribution is 2.68. The molecule has 0 bridgehead atoms. The van der Waals surface area contributed by atoms with Crippen molar-refractivity contribution in [2.24, 2.45) is 58.0 Å². The molecule has 0 aromatic rings. The van der Waals surface area contributed by atoms with E-state index in [1.807, 2.05) is 13.8 Å². The molecule has 5 unspecified atom stereocenters. The van der Waals surface area contributed by atoms with Crippen molar-refractivity contribution in [2.45, 2.75) is 162 Å². The third-order valence-corrected chi connectivity index (χ3v) is 14.6. The predicted octanol–water partition coefficient (Wildman–Crippen LogP) is 7.11. The van der Waals surface area contributed by atoms with Crippen LogP contribution < -0.4 is 16.4 Å². The van der Waals surface area contributed by atoms with Gasteiger partial charge in [-0.25, -0.2) is 4.18 Å². The molecule has 0 aliphatic heterocycles. The zero-order valence-electron chi connectivity index (χ0n) is 30.7. The number of hydrogen-bond acceptors (Lipinski definition) is 7. The van der Waals surface area contributed by atoms with Crippen molar-refractivity contribution in [2.75, 3.05) is 26.2 Å². The second-order valence-corrected chi connectivity index (χ2v) is 18.4. The van der Waals surface area contributed by atoms with Gasteiger partial charge in [0.25, 0.3) is 0 Å². The molecule has 4 rings (SSSR count). The van der Waals surface area contributed by atoms with Crippen molar-refractivity contribution in [1.82, 2.24) is 10.6 Å². The van der Waals surface area contributed by atoms with E-state index in [1.165, 1.54) is 89.9 Å². The van der Waals surface area contributed by atoms with Gasteiger partial charge in [0.1, 0.15) is 0 Å². The van der Waals surface area contributed by atoms with E-state index in [4.69, 9.17) is 9.92 Å². The van der Waals surface area contributed by atoms with E-state index in [0.29, 0.717) is 53.4 Å². The topological polar surface area (TPSA) is 134 Å². The Labute approximate surface area is 288 Å². The summed E-state index contributed by atoms with van der Waals surface area (Å²) in [6.07, 6.45) is 19.3. The third-order valence-electron chi connectivity index (χ3n) is 14.1. The fourth-order valence-electron chi connectivity index (χ4n) is 11.4. The van der Waals surface area contributed by atoms with Crippen molar-refractivity contribution in [3.63, 3.8) is 0 Å². The summed E-state index contributed by atoms with van der Waals surface area (Å²) in [6.45, 7) is 15.5. The summed E-state index contributed by atoms with van der Waals surface area (Å²) in [4.78, 5) is 0. The standard InChI is InChI=1S/C38H73N3O5S/c1-27(2)35(46-47(43,44)45)16-13-28(3)31-14-15-32-36-33(18-20-38(31,32)5)37(4)19-17-30(25-29(37)26-34(36)42)41-24-12-23-40-22-11-9-7-6-8-10-21-39/h27-36,40-42H,6-26,39H2,1-5H3,(H,43,44,45)/t28-,29-,30+,31?,32?,33?,34?,35-,36?,37+,38-/m1/s1. The van der Waals surface area contributed by atoms with Gasteiger partial charge in [-0.1, -0.05) is 60.3 Å². The molecule has 4 fully saturated rings. The van der Waals surface area contributed by atoms with Gasteiger partial charge in [0, 0.05) is 6.04 Å². The van der Waals surface area contributed by atoms with Crippen LogP contribution in [-0.2, 0) is 14.6 Å². The lowest BCUT2D eigenvalue weighted by atomic mass is 9.43. The molecule has 4 saturated carbocycles. The van der Waals surface area contributed by atoms with Gasteiger partial charge in [0.15, 0.2) is 0 Å². The van der Waals surface area contributed by atoms with E-state index < -0.39 is 16.5 Å². The Bertz CT molecular complexity index is 1040. The van der Waals surface area contributed by atoms with Crippen LogP contribution in [0.4, 0.5) is 0 Å². The van der Waals surface area contributed by atoms with Crippen LogP contribution in [0.25, 0.3) is 0 Å². The van der Waals surface area contributed by atoms with E-state index in [-0.39, 0.29) is 17.4 Å². The summed E-state index contributed by atoms with van der Waals surface area (Å²) in [6, 6.07) is 0.579. The van der Waals surface area contributed by atoms with Crippen LogP contribution >= 0.6 is 0 Å². The van der Waals surface area contributed by atoms with Crippen molar-refractivity contribution in [1.29, 1.82) is 0 Å². The van der Waals surface area contributed by atoms with Gasteiger partial charge in [-0.3, -0.25) is 4.55 Å². The second-order valence-electron chi connectivity index (χ2n) is 17.3. The van der Waals surface area contributed by atoms with Gasteiger partial charge in [-0.2, -0.15) is 8.42 Å². The first-order chi connectivity index (χ1) is 22.3. The quantitative estimate of drug-likeness (QED) is 0.0677. The van der Waals surface area contributed by atoms with E-state index >= 15 is 0 Å². The summed E-state index contributed by atoms with van der Waals surface area (Å²) in [5.74, 6) is 3.22. The second kappa shape index (κ2) is 17.8. The van der Waals surface area contributed by atoms with E-state index in [0.717, 1.165) is 39.0 Å². The molecule has 0 aromatic heterocycles. The Kier molecular flexibility index (Phi) is 14.9. The Morgan fingerprint density at radius 2 is 1.49 bits per heavy atom. The fourth-order valence-corrected chi connectivity index (χ4v) is 12.0. The van der Waals surface area contributed by atoms with Crippen LogP contribution in [0.3, 0.4) is 0 Å². The minimum Gasteiger partial charge on any atom is -0.393 e. The van der Waals surface area contributed by atoms with Crippen molar-refractivity contribution < 1.29 is 22.3 Å². The van der Waals surface area contributed by atoms with Crippen LogP contribution in [0, 0.1) is 52.3 Å². The van der Waals surface area contributed by atoms with Gasteiger partial charge < -0.3 is 21.5 Å². The molecule has 0 spiro atoms. The van der Waals surface area contributed by atoms with Crippen molar-refractivity contribution in [3.05, 3.63) is 0 Å². The van der Waals surface area contributed by atoms with Crippen LogP contribution in [0.5, 0.6) is 0 Å². The monoisotopic (exact) mass is 684 g/mol. The molecule has 4 aliphatic carbocycles. The Morgan fingerprint density at radius 3 is 2.19 bits per heavy atom. The lowest BCUT2D eigenvalue weighted by Crippen LogP contribution is -2.59. The normalized spacial score (nSPS) is 36.9. The summed E-state index contributed by atoms with van der Waals surface area (Å²) in [7, 11) is -4.46. The number of hydrogen-bond donors (Lipinski definition) is 5. The molecule has 0 radical (unpaired) electrons. The van der Waals surface area contributed by atoms with Gasteiger partial charge in [0.05, 0.1) is 12.2 Å². The first kappa shape index (κ1) is 39.5. The number of unbranched alkanes of at least 4 members (excludes halogenated alkanes) is 5. The van der Waals surface area contributed by atoms with Crippen molar-refractivity contribution in [3.8, 4) is 0 Å². The number of aliphatic hydroxyl groups is 1. The SMILES string of the molecule is CC(C)[C@@H](CC[C@@H](C)C1CCC2C3C(O)C[C@H]4C[C@@H](NCCCNCCCCCCCCN)CC[C@]4(C)C3CC[C@@]21C)OS(=O)(=O)O. The summed E-state index contributed by atoms with van der Waals surface area (Å²) >= 11 is 0. The van der Waals surface area contributed by atoms with Gasteiger partial charge in [-0.05, 0) is 162 Å². The lowest BCUT2D eigenvalue weighted by molar-refractivity contribution is -0.167. The Balaban J connectivity index is 1.23. The highest BCUT2D eigenvalue weighted by molar-refractivity contribution is 7.80. The average Bonchev–Trinajstić information content (AvgIpc) is 3.36. The fraction of sp³-hybridized carbons (Fsp3) is 1.00. The summed E-state index contributed by atoms with van der Waals surface area (Å²) < 4.78 is 37.2. The number of fused-ring (bicyclic) bond motifs is 5. The zero-order valence-corrected chi connectivity index (χ0v) is 31.5. The molecular weight excluding hydrogens is 611 g/mol. The first-order valence-electron chi connectivity index (χ1n) is 19.8. The minimum absolute atomic E-state index is 0.0154. The maximum atomic E-state index is 11.8.